The highest BCUT2D eigenvalue weighted by Crippen LogP contribution is 2.30. The van der Waals surface area contributed by atoms with Crippen molar-refractivity contribution in [2.45, 2.75) is 46.5 Å². The summed E-state index contributed by atoms with van der Waals surface area (Å²) < 4.78 is 17.3. The van der Waals surface area contributed by atoms with E-state index in [1.54, 1.807) is 18.2 Å². The van der Waals surface area contributed by atoms with E-state index in [1.165, 1.54) is 6.26 Å². The van der Waals surface area contributed by atoms with Gasteiger partial charge in [-0.1, -0.05) is 64.1 Å². The van der Waals surface area contributed by atoms with E-state index in [1.807, 2.05) is 42.5 Å². The molecule has 1 aromatic heterocycles. The molecular formula is C30H31NO5. The van der Waals surface area contributed by atoms with Crippen LogP contribution in [0, 0.1) is 0 Å². The lowest BCUT2D eigenvalue weighted by atomic mass is 10.0. The molecule has 0 saturated carbocycles. The number of hydrogen-bond acceptors (Lipinski definition) is 5. The molecule has 1 amide bonds. The average molecular weight is 486 g/mol. The molecule has 0 aliphatic carbocycles. The van der Waals surface area contributed by atoms with Gasteiger partial charge in [-0.2, -0.15) is 0 Å². The Morgan fingerprint density at radius 2 is 1.67 bits per heavy atom. The summed E-state index contributed by atoms with van der Waals surface area (Å²) in [7, 11) is 0. The molecule has 186 valence electrons. The molecule has 4 rings (SSSR count). The highest BCUT2D eigenvalue weighted by atomic mass is 16.5. The molecule has 3 aromatic carbocycles. The van der Waals surface area contributed by atoms with Crippen LogP contribution in [0.15, 0.2) is 76.1 Å². The number of aryl methyl sites for hydroxylation is 2. The molecule has 0 fully saturated rings. The van der Waals surface area contributed by atoms with Crippen molar-refractivity contribution in [1.82, 2.24) is 0 Å². The highest BCUT2D eigenvalue weighted by Gasteiger charge is 2.15. The SMILES string of the molecule is CCc1cccc(CC)c1NC(=O)COc1ccc2c(=O)c(Oc3ccccc3C(C)C)coc2c1. The number of nitrogens with one attached hydrogen (secondary N) is 1. The fourth-order valence-electron chi connectivity index (χ4n) is 4.15. The van der Waals surface area contributed by atoms with Gasteiger partial charge in [0.15, 0.2) is 6.61 Å². The van der Waals surface area contributed by atoms with Gasteiger partial charge in [0.05, 0.1) is 5.39 Å². The third kappa shape index (κ3) is 5.43. The first-order valence-electron chi connectivity index (χ1n) is 12.3. The summed E-state index contributed by atoms with van der Waals surface area (Å²) >= 11 is 0. The molecule has 4 aromatic rings. The van der Waals surface area contributed by atoms with Gasteiger partial charge >= 0.3 is 0 Å². The fourth-order valence-corrected chi connectivity index (χ4v) is 4.15. The molecule has 0 bridgehead atoms. The number of benzene rings is 3. The van der Waals surface area contributed by atoms with Crippen LogP contribution in [0.25, 0.3) is 11.0 Å². The first-order chi connectivity index (χ1) is 17.4. The van der Waals surface area contributed by atoms with Crippen LogP contribution in [0.4, 0.5) is 5.69 Å². The highest BCUT2D eigenvalue weighted by molar-refractivity contribution is 5.93. The van der Waals surface area contributed by atoms with Crippen LogP contribution in [0.2, 0.25) is 0 Å². The lowest BCUT2D eigenvalue weighted by molar-refractivity contribution is -0.118. The van der Waals surface area contributed by atoms with E-state index in [4.69, 9.17) is 13.9 Å². The average Bonchev–Trinajstić information content (AvgIpc) is 2.89. The second-order valence-corrected chi connectivity index (χ2v) is 8.88. The van der Waals surface area contributed by atoms with E-state index in [0.717, 1.165) is 35.2 Å². The first kappa shape index (κ1) is 25.0. The molecule has 36 heavy (non-hydrogen) atoms. The van der Waals surface area contributed by atoms with Crippen molar-refractivity contribution in [2.24, 2.45) is 0 Å². The largest absolute Gasteiger partial charge is 0.484 e. The normalized spacial score (nSPS) is 11.0. The Bertz CT molecular complexity index is 1410. The Morgan fingerprint density at radius 3 is 2.36 bits per heavy atom. The summed E-state index contributed by atoms with van der Waals surface area (Å²) in [4.78, 5) is 25.6. The van der Waals surface area contributed by atoms with E-state index < -0.39 is 0 Å². The quantitative estimate of drug-likeness (QED) is 0.280. The summed E-state index contributed by atoms with van der Waals surface area (Å²) in [5, 5.41) is 3.36. The van der Waals surface area contributed by atoms with Crippen molar-refractivity contribution < 1.29 is 18.7 Å². The molecule has 1 heterocycles. The molecular weight excluding hydrogens is 454 g/mol. The van der Waals surface area contributed by atoms with Crippen LogP contribution >= 0.6 is 0 Å². The molecule has 0 saturated heterocycles. The summed E-state index contributed by atoms with van der Waals surface area (Å²) in [6, 6.07) is 18.5. The van der Waals surface area contributed by atoms with E-state index in [2.05, 4.69) is 33.0 Å². The van der Waals surface area contributed by atoms with Gasteiger partial charge in [-0.05, 0) is 53.6 Å². The standard InChI is InChI=1S/C30H31NO5/c1-5-20-10-9-11-21(6-2)29(20)31-28(32)18-34-22-14-15-24-26(16-22)35-17-27(30(24)33)36-25-13-8-7-12-23(25)19(3)4/h7-17,19H,5-6,18H2,1-4H3,(H,31,32). The Kier molecular flexibility index (Phi) is 7.74. The predicted molar refractivity (Wildman–Crippen MR) is 142 cm³/mol. The molecule has 1 N–H and O–H groups in total. The van der Waals surface area contributed by atoms with E-state index in [-0.39, 0.29) is 29.6 Å². The van der Waals surface area contributed by atoms with Crippen LogP contribution in [0.5, 0.6) is 17.2 Å². The van der Waals surface area contributed by atoms with Gasteiger partial charge in [-0.25, -0.2) is 0 Å². The van der Waals surface area contributed by atoms with E-state index in [9.17, 15) is 9.59 Å². The second kappa shape index (κ2) is 11.1. The molecule has 0 spiro atoms. The number of anilines is 1. The lowest BCUT2D eigenvalue weighted by Gasteiger charge is -2.15. The molecule has 0 aliphatic rings. The third-order valence-electron chi connectivity index (χ3n) is 6.11. The van der Waals surface area contributed by atoms with E-state index >= 15 is 0 Å². The number of rotatable bonds is 9. The van der Waals surface area contributed by atoms with Gasteiger partial charge in [0, 0.05) is 11.8 Å². The molecule has 6 heteroatoms. The maximum atomic E-state index is 13.0. The number of hydrogen-bond donors (Lipinski definition) is 1. The van der Waals surface area contributed by atoms with Gasteiger partial charge in [0.1, 0.15) is 23.3 Å². The van der Waals surface area contributed by atoms with Crippen molar-refractivity contribution in [2.75, 3.05) is 11.9 Å². The van der Waals surface area contributed by atoms with Gasteiger partial charge in [0.25, 0.3) is 5.91 Å². The van der Waals surface area contributed by atoms with Crippen molar-refractivity contribution in [1.29, 1.82) is 0 Å². The Hall–Kier alpha value is -4.06. The van der Waals surface area contributed by atoms with Gasteiger partial charge in [-0.3, -0.25) is 9.59 Å². The maximum Gasteiger partial charge on any atom is 0.262 e. The van der Waals surface area contributed by atoms with Crippen molar-refractivity contribution in [3.63, 3.8) is 0 Å². The zero-order chi connectivity index (χ0) is 25.7. The van der Waals surface area contributed by atoms with Crippen molar-refractivity contribution in [3.8, 4) is 17.2 Å². The maximum absolute atomic E-state index is 13.0. The minimum absolute atomic E-state index is 0.116. The molecule has 6 nitrogen and oxygen atoms in total. The Morgan fingerprint density at radius 1 is 0.944 bits per heavy atom. The third-order valence-corrected chi connectivity index (χ3v) is 6.11. The number of ether oxygens (including phenoxy) is 2. The minimum Gasteiger partial charge on any atom is -0.484 e. The lowest BCUT2D eigenvalue weighted by Crippen LogP contribution is -2.21. The monoisotopic (exact) mass is 485 g/mol. The molecule has 0 radical (unpaired) electrons. The Labute approximate surface area is 210 Å². The number of carbonyl (C=O) groups excluding carboxylic acids is 1. The fraction of sp³-hybridized carbons (Fsp3) is 0.267. The van der Waals surface area contributed by atoms with Crippen LogP contribution in [0.1, 0.15) is 50.3 Å². The molecule has 0 aliphatic heterocycles. The predicted octanol–water partition coefficient (Wildman–Crippen LogP) is 6.85. The van der Waals surface area contributed by atoms with Crippen molar-refractivity contribution >= 4 is 22.6 Å². The number of carbonyl (C=O) groups is 1. The summed E-state index contributed by atoms with van der Waals surface area (Å²) in [5.74, 6) is 1.17. The zero-order valence-electron chi connectivity index (χ0n) is 21.1. The second-order valence-electron chi connectivity index (χ2n) is 8.88. The number of fused-ring (bicyclic) bond motifs is 1. The van der Waals surface area contributed by atoms with Gasteiger partial charge in [-0.15, -0.1) is 0 Å². The Balaban J connectivity index is 1.48. The van der Waals surface area contributed by atoms with Crippen molar-refractivity contribution in [3.05, 3.63) is 93.8 Å². The number of amides is 1. The molecule has 0 atom stereocenters. The summed E-state index contributed by atoms with van der Waals surface area (Å²) in [6.07, 6.45) is 2.96. The minimum atomic E-state index is -0.276. The zero-order valence-corrected chi connectivity index (χ0v) is 21.1. The van der Waals surface area contributed by atoms with E-state index in [0.29, 0.717) is 22.5 Å². The topological polar surface area (TPSA) is 77.8 Å². The summed E-state index contributed by atoms with van der Waals surface area (Å²) in [5.41, 5.74) is 4.11. The van der Waals surface area contributed by atoms with Gasteiger partial charge < -0.3 is 19.2 Å². The van der Waals surface area contributed by atoms with Crippen LogP contribution < -0.4 is 20.2 Å². The van der Waals surface area contributed by atoms with Gasteiger partial charge in [0.2, 0.25) is 11.2 Å². The van der Waals surface area contributed by atoms with Crippen LogP contribution in [-0.4, -0.2) is 12.5 Å². The van der Waals surface area contributed by atoms with Crippen LogP contribution in [-0.2, 0) is 17.6 Å². The first-order valence-corrected chi connectivity index (χ1v) is 12.3. The van der Waals surface area contributed by atoms with Crippen LogP contribution in [0.3, 0.4) is 0 Å². The molecule has 0 unspecified atom stereocenters. The summed E-state index contributed by atoms with van der Waals surface area (Å²) in [6.45, 7) is 8.09. The smallest absolute Gasteiger partial charge is 0.262 e. The number of para-hydroxylation sites is 2.